The zero-order valence-corrected chi connectivity index (χ0v) is 15.1. The monoisotopic (exact) mass is 400 g/mol. The number of alkyl halides is 3. The molecule has 1 aromatic carbocycles. The summed E-state index contributed by atoms with van der Waals surface area (Å²) >= 11 is 0. The van der Waals surface area contributed by atoms with Crippen LogP contribution in [0.5, 0.6) is 5.75 Å². The third-order valence-corrected chi connectivity index (χ3v) is 3.77. The van der Waals surface area contributed by atoms with Crippen LogP contribution in [0, 0.1) is 0 Å². The van der Waals surface area contributed by atoms with Crippen LogP contribution in [0.15, 0.2) is 47.1 Å². The van der Waals surface area contributed by atoms with Crippen molar-refractivity contribution in [1.82, 2.24) is 10.6 Å². The minimum Gasteiger partial charge on any atom is -0.497 e. The van der Waals surface area contributed by atoms with Crippen molar-refractivity contribution in [3.8, 4) is 5.75 Å². The Hall–Kier alpha value is -3.01. The minimum absolute atomic E-state index is 0.0986. The molecule has 1 amide bonds. The van der Waals surface area contributed by atoms with Gasteiger partial charge in [-0.3, -0.25) is 10.1 Å². The predicted molar refractivity (Wildman–Crippen MR) is 91.4 cm³/mol. The Bertz CT molecular complexity index is 791. The fraction of sp³-hybridized carbons (Fsp3) is 0.333. The van der Waals surface area contributed by atoms with E-state index in [4.69, 9.17) is 9.15 Å². The van der Waals surface area contributed by atoms with Crippen molar-refractivity contribution in [2.75, 3.05) is 13.7 Å². The van der Waals surface area contributed by atoms with Gasteiger partial charge in [0.15, 0.2) is 0 Å². The highest BCUT2D eigenvalue weighted by Crippen LogP contribution is 2.31. The zero-order chi connectivity index (χ0) is 20.8. The van der Waals surface area contributed by atoms with Crippen LogP contribution in [0.3, 0.4) is 0 Å². The van der Waals surface area contributed by atoms with E-state index in [0.717, 1.165) is 0 Å². The molecule has 0 radical (unpaired) electrons. The number of methoxy groups -OCH3 is 1. The number of hydrogen-bond acceptors (Lipinski definition) is 6. The Balaban J connectivity index is 2.35. The van der Waals surface area contributed by atoms with Gasteiger partial charge in [-0.25, -0.2) is 4.79 Å². The summed E-state index contributed by atoms with van der Waals surface area (Å²) < 4.78 is 56.4. The van der Waals surface area contributed by atoms with Crippen molar-refractivity contribution in [3.63, 3.8) is 0 Å². The lowest BCUT2D eigenvalue weighted by Gasteiger charge is -2.34. The molecule has 1 atom stereocenters. The number of amides is 1. The van der Waals surface area contributed by atoms with E-state index in [9.17, 15) is 22.8 Å². The molecule has 7 nitrogen and oxygen atoms in total. The third-order valence-electron chi connectivity index (χ3n) is 3.77. The van der Waals surface area contributed by atoms with E-state index in [2.05, 4.69) is 4.74 Å². The normalized spacial score (nSPS) is 13.5. The molecule has 0 saturated carbocycles. The number of carbonyl (C=O) groups excluding carboxylic acids is 2. The van der Waals surface area contributed by atoms with Gasteiger partial charge in [-0.2, -0.15) is 13.2 Å². The second kappa shape index (κ2) is 8.79. The quantitative estimate of drug-likeness (QED) is 0.523. The number of esters is 1. The van der Waals surface area contributed by atoms with Crippen LogP contribution in [0.25, 0.3) is 0 Å². The standard InChI is InChI=1S/C18H19F3N2O5/c1-3-27-16(25)17(18(19,20)21,22-11-14-5-4-10-28-14)23-15(24)12-6-8-13(26-2)9-7-12/h4-10,22H,3,11H2,1-2H3,(H,23,24)/t17-/m0/s1. The van der Waals surface area contributed by atoms with Gasteiger partial charge in [0.2, 0.25) is 0 Å². The average Bonchev–Trinajstić information content (AvgIpc) is 3.17. The summed E-state index contributed by atoms with van der Waals surface area (Å²) in [5.41, 5.74) is -3.56. The molecule has 2 aromatic rings. The molecule has 2 N–H and O–H groups in total. The predicted octanol–water partition coefficient (Wildman–Crippen LogP) is 2.63. The lowest BCUT2D eigenvalue weighted by Crippen LogP contribution is -2.72. The smallest absolute Gasteiger partial charge is 0.436 e. The van der Waals surface area contributed by atoms with Crippen molar-refractivity contribution < 1.29 is 36.7 Å². The van der Waals surface area contributed by atoms with Crippen molar-refractivity contribution in [2.45, 2.75) is 25.3 Å². The fourth-order valence-corrected chi connectivity index (χ4v) is 2.31. The first-order chi connectivity index (χ1) is 13.2. The van der Waals surface area contributed by atoms with E-state index in [1.165, 1.54) is 56.7 Å². The van der Waals surface area contributed by atoms with E-state index in [1.807, 2.05) is 5.32 Å². The summed E-state index contributed by atoms with van der Waals surface area (Å²) in [5.74, 6) is -2.26. The molecule has 1 heterocycles. The fourth-order valence-electron chi connectivity index (χ4n) is 2.31. The number of halogens is 3. The van der Waals surface area contributed by atoms with Gasteiger partial charge in [0.25, 0.3) is 11.6 Å². The van der Waals surface area contributed by atoms with Crippen molar-refractivity contribution in [2.24, 2.45) is 0 Å². The maximum atomic E-state index is 13.9. The Morgan fingerprint density at radius 2 is 1.82 bits per heavy atom. The number of hydrogen-bond donors (Lipinski definition) is 2. The van der Waals surface area contributed by atoms with E-state index >= 15 is 0 Å². The van der Waals surface area contributed by atoms with Gasteiger partial charge in [0, 0.05) is 5.56 Å². The topological polar surface area (TPSA) is 89.8 Å². The molecule has 0 aliphatic rings. The molecule has 0 bridgehead atoms. The number of ether oxygens (including phenoxy) is 2. The van der Waals surface area contributed by atoms with Crippen LogP contribution >= 0.6 is 0 Å². The molecule has 1 aromatic heterocycles. The first kappa shape index (κ1) is 21.3. The second-order valence-corrected chi connectivity index (χ2v) is 5.58. The first-order valence-corrected chi connectivity index (χ1v) is 8.21. The maximum absolute atomic E-state index is 13.9. The van der Waals surface area contributed by atoms with Gasteiger partial charge in [0.1, 0.15) is 11.5 Å². The number of rotatable bonds is 8. The molecular formula is C18H19F3N2O5. The van der Waals surface area contributed by atoms with Crippen LogP contribution in [0.1, 0.15) is 23.0 Å². The Morgan fingerprint density at radius 1 is 1.14 bits per heavy atom. The molecule has 28 heavy (non-hydrogen) atoms. The van der Waals surface area contributed by atoms with Crippen LogP contribution in [-0.4, -0.2) is 37.4 Å². The molecular weight excluding hydrogens is 381 g/mol. The van der Waals surface area contributed by atoms with Gasteiger partial charge < -0.3 is 19.2 Å². The summed E-state index contributed by atoms with van der Waals surface area (Å²) in [6.07, 6.45) is -3.93. The number of furan rings is 1. The number of carbonyl (C=O) groups is 2. The molecule has 2 rings (SSSR count). The highest BCUT2D eigenvalue weighted by Gasteiger charge is 2.63. The molecule has 0 fully saturated rings. The molecule has 10 heteroatoms. The van der Waals surface area contributed by atoms with Crippen LogP contribution in [0.2, 0.25) is 0 Å². The van der Waals surface area contributed by atoms with Gasteiger partial charge in [-0.1, -0.05) is 0 Å². The van der Waals surface area contributed by atoms with Gasteiger partial charge in [-0.15, -0.1) is 0 Å². The average molecular weight is 400 g/mol. The summed E-state index contributed by atoms with van der Waals surface area (Å²) in [6.45, 7) is 0.572. The van der Waals surface area contributed by atoms with Gasteiger partial charge in [-0.05, 0) is 43.3 Å². The Labute approximate surface area is 158 Å². The third kappa shape index (κ3) is 4.63. The van der Waals surface area contributed by atoms with Gasteiger partial charge >= 0.3 is 12.1 Å². The number of benzene rings is 1. The van der Waals surface area contributed by atoms with Crippen molar-refractivity contribution in [3.05, 3.63) is 54.0 Å². The second-order valence-electron chi connectivity index (χ2n) is 5.58. The van der Waals surface area contributed by atoms with Crippen LogP contribution < -0.4 is 15.4 Å². The SMILES string of the molecule is CCOC(=O)[C@](NCc1ccco1)(NC(=O)c1ccc(OC)cc1)C(F)(F)F. The van der Waals surface area contributed by atoms with Crippen LogP contribution in [-0.2, 0) is 16.1 Å². The molecule has 0 aliphatic heterocycles. The molecule has 152 valence electrons. The molecule has 0 unspecified atom stereocenters. The zero-order valence-electron chi connectivity index (χ0n) is 15.1. The first-order valence-electron chi connectivity index (χ1n) is 8.21. The maximum Gasteiger partial charge on any atom is 0.436 e. The summed E-state index contributed by atoms with van der Waals surface area (Å²) in [7, 11) is 1.41. The molecule has 0 saturated heterocycles. The summed E-state index contributed by atoms with van der Waals surface area (Å²) in [6, 6.07) is 8.26. The summed E-state index contributed by atoms with van der Waals surface area (Å²) in [5, 5.41) is 3.77. The molecule has 0 aliphatic carbocycles. The number of nitrogens with one attached hydrogen (secondary N) is 2. The van der Waals surface area contributed by atoms with Gasteiger partial charge in [0.05, 0.1) is 26.5 Å². The highest BCUT2D eigenvalue weighted by molar-refractivity contribution is 5.98. The Kier molecular flexibility index (Phi) is 6.68. The van der Waals surface area contributed by atoms with Crippen molar-refractivity contribution in [1.29, 1.82) is 0 Å². The summed E-state index contributed by atoms with van der Waals surface area (Å²) in [4.78, 5) is 24.7. The highest BCUT2D eigenvalue weighted by atomic mass is 19.4. The lowest BCUT2D eigenvalue weighted by atomic mass is 10.1. The Morgan fingerprint density at radius 3 is 2.32 bits per heavy atom. The van der Waals surface area contributed by atoms with E-state index in [0.29, 0.717) is 5.75 Å². The largest absolute Gasteiger partial charge is 0.497 e. The minimum atomic E-state index is -5.20. The van der Waals surface area contributed by atoms with Crippen LogP contribution in [0.4, 0.5) is 13.2 Å². The van der Waals surface area contributed by atoms with E-state index in [1.54, 1.807) is 5.32 Å². The molecule has 0 spiro atoms. The lowest BCUT2D eigenvalue weighted by molar-refractivity contribution is -0.219. The van der Waals surface area contributed by atoms with E-state index in [-0.39, 0.29) is 17.9 Å². The van der Waals surface area contributed by atoms with Crippen molar-refractivity contribution >= 4 is 11.9 Å². The van der Waals surface area contributed by atoms with E-state index < -0.39 is 30.3 Å².